The molecule has 0 spiro atoms. The summed E-state index contributed by atoms with van der Waals surface area (Å²) in [6, 6.07) is 5.41. The highest BCUT2D eigenvalue weighted by atomic mass is 79.9. The summed E-state index contributed by atoms with van der Waals surface area (Å²) >= 11 is 3.31. The van der Waals surface area contributed by atoms with Crippen molar-refractivity contribution in [1.82, 2.24) is 0 Å². The Morgan fingerprint density at radius 3 is 2.62 bits per heavy atom. The van der Waals surface area contributed by atoms with Gasteiger partial charge in [-0.3, -0.25) is 4.79 Å². The third kappa shape index (κ3) is 1.83. The van der Waals surface area contributed by atoms with Crippen LogP contribution in [0.25, 0.3) is 0 Å². The van der Waals surface area contributed by atoms with Crippen LogP contribution in [0.1, 0.15) is 0 Å². The van der Waals surface area contributed by atoms with Gasteiger partial charge in [0, 0.05) is 4.47 Å². The maximum absolute atomic E-state index is 11.0. The number of Topliss-reactive ketones (excluding diaryl/α,β-unsaturated/α-hetero) is 1. The van der Waals surface area contributed by atoms with Gasteiger partial charge < -0.3 is 9.47 Å². The molecule has 1 aromatic carbocycles. The zero-order valence-corrected chi connectivity index (χ0v) is 8.33. The molecule has 0 fully saturated rings. The summed E-state index contributed by atoms with van der Waals surface area (Å²) in [5.74, 6) is 1.18. The zero-order valence-electron chi connectivity index (χ0n) is 6.75. The Balaban J connectivity index is 2.35. The van der Waals surface area contributed by atoms with Crippen molar-refractivity contribution >= 4 is 21.7 Å². The van der Waals surface area contributed by atoms with Crippen LogP contribution in [0.15, 0.2) is 22.7 Å². The van der Waals surface area contributed by atoms with Crippen molar-refractivity contribution in [3.05, 3.63) is 22.7 Å². The Morgan fingerprint density at radius 2 is 1.85 bits per heavy atom. The van der Waals surface area contributed by atoms with Crippen molar-refractivity contribution in [2.75, 3.05) is 13.2 Å². The van der Waals surface area contributed by atoms with E-state index in [1.807, 2.05) is 6.07 Å². The number of benzene rings is 1. The van der Waals surface area contributed by atoms with Gasteiger partial charge in [0.25, 0.3) is 0 Å². The first-order chi connectivity index (χ1) is 6.25. The van der Waals surface area contributed by atoms with Crippen LogP contribution in [0.4, 0.5) is 0 Å². The van der Waals surface area contributed by atoms with Gasteiger partial charge in [0.05, 0.1) is 0 Å². The average Bonchev–Trinajstić information content (AvgIpc) is 2.29. The number of carbonyl (C=O) groups excluding carboxylic acids is 1. The first kappa shape index (κ1) is 8.56. The van der Waals surface area contributed by atoms with Gasteiger partial charge in [-0.15, -0.1) is 0 Å². The van der Waals surface area contributed by atoms with Crippen molar-refractivity contribution in [3.63, 3.8) is 0 Å². The summed E-state index contributed by atoms with van der Waals surface area (Å²) in [6.45, 7) is 0.179. The van der Waals surface area contributed by atoms with Gasteiger partial charge in [-0.05, 0) is 18.2 Å². The molecule has 0 N–H and O–H groups in total. The molecule has 0 aliphatic carbocycles. The van der Waals surface area contributed by atoms with Crippen molar-refractivity contribution in [2.45, 2.75) is 0 Å². The topological polar surface area (TPSA) is 35.5 Å². The molecule has 0 aromatic heterocycles. The molecule has 1 aromatic rings. The first-order valence-electron chi connectivity index (χ1n) is 3.82. The van der Waals surface area contributed by atoms with Crippen molar-refractivity contribution in [2.24, 2.45) is 0 Å². The summed E-state index contributed by atoms with van der Waals surface area (Å²) in [4.78, 5) is 11.0. The number of halogens is 1. The second-order valence-corrected chi connectivity index (χ2v) is 3.62. The fourth-order valence-corrected chi connectivity index (χ4v) is 1.41. The largest absolute Gasteiger partial charge is 0.482 e. The fourth-order valence-electron chi connectivity index (χ4n) is 1.07. The fraction of sp³-hybridized carbons (Fsp3) is 0.222. The molecule has 1 heterocycles. The molecule has 0 saturated heterocycles. The lowest BCUT2D eigenvalue weighted by Gasteiger charge is -2.05. The minimum Gasteiger partial charge on any atom is -0.482 e. The summed E-state index contributed by atoms with van der Waals surface area (Å²) in [5, 5.41) is 0. The minimum absolute atomic E-state index is 0.0488. The van der Waals surface area contributed by atoms with E-state index in [2.05, 4.69) is 15.9 Å². The molecular formula is C9H7BrO3. The van der Waals surface area contributed by atoms with E-state index in [0.29, 0.717) is 11.5 Å². The van der Waals surface area contributed by atoms with Crippen LogP contribution >= 0.6 is 15.9 Å². The van der Waals surface area contributed by atoms with Gasteiger partial charge in [-0.1, -0.05) is 15.9 Å². The van der Waals surface area contributed by atoms with Gasteiger partial charge in [-0.25, -0.2) is 0 Å². The van der Waals surface area contributed by atoms with E-state index in [1.165, 1.54) is 0 Å². The SMILES string of the molecule is O=C1COc2ccc(Br)cc2OC1. The van der Waals surface area contributed by atoms with E-state index in [9.17, 15) is 4.79 Å². The van der Waals surface area contributed by atoms with Crippen LogP contribution in [0.2, 0.25) is 0 Å². The molecule has 1 aliphatic rings. The Labute approximate surface area is 83.8 Å². The van der Waals surface area contributed by atoms with E-state index in [-0.39, 0.29) is 19.0 Å². The number of carbonyl (C=O) groups is 1. The van der Waals surface area contributed by atoms with Crippen LogP contribution in [0.3, 0.4) is 0 Å². The predicted molar refractivity (Wildman–Crippen MR) is 50.1 cm³/mol. The van der Waals surface area contributed by atoms with E-state index in [4.69, 9.17) is 9.47 Å². The Morgan fingerprint density at radius 1 is 1.15 bits per heavy atom. The van der Waals surface area contributed by atoms with Gasteiger partial charge in [0.2, 0.25) is 5.78 Å². The highest BCUT2D eigenvalue weighted by Crippen LogP contribution is 2.31. The van der Waals surface area contributed by atoms with Gasteiger partial charge in [-0.2, -0.15) is 0 Å². The number of ether oxygens (including phenoxy) is 2. The summed E-state index contributed by atoms with van der Waals surface area (Å²) in [7, 11) is 0. The lowest BCUT2D eigenvalue weighted by Crippen LogP contribution is -2.15. The molecule has 0 radical (unpaired) electrons. The first-order valence-corrected chi connectivity index (χ1v) is 4.62. The molecule has 0 unspecified atom stereocenters. The minimum atomic E-state index is -0.0488. The van der Waals surface area contributed by atoms with Gasteiger partial charge in [0.15, 0.2) is 24.7 Å². The van der Waals surface area contributed by atoms with E-state index >= 15 is 0 Å². The van der Waals surface area contributed by atoms with E-state index in [0.717, 1.165) is 4.47 Å². The number of hydrogen-bond donors (Lipinski definition) is 0. The van der Waals surface area contributed by atoms with Gasteiger partial charge in [0.1, 0.15) is 0 Å². The molecule has 3 nitrogen and oxygen atoms in total. The summed E-state index contributed by atoms with van der Waals surface area (Å²) in [6.07, 6.45) is 0. The molecule has 0 atom stereocenters. The number of fused-ring (bicyclic) bond motifs is 1. The maximum Gasteiger partial charge on any atom is 0.207 e. The third-order valence-corrected chi connectivity index (χ3v) is 2.18. The van der Waals surface area contributed by atoms with Gasteiger partial charge >= 0.3 is 0 Å². The van der Waals surface area contributed by atoms with Crippen LogP contribution in [-0.2, 0) is 4.79 Å². The van der Waals surface area contributed by atoms with Crippen LogP contribution in [0, 0.1) is 0 Å². The Bertz CT molecular complexity index is 349. The smallest absolute Gasteiger partial charge is 0.207 e. The van der Waals surface area contributed by atoms with Crippen molar-refractivity contribution in [1.29, 1.82) is 0 Å². The molecule has 68 valence electrons. The Hall–Kier alpha value is -1.03. The zero-order chi connectivity index (χ0) is 9.26. The molecular weight excluding hydrogens is 236 g/mol. The quantitative estimate of drug-likeness (QED) is 0.696. The van der Waals surface area contributed by atoms with Crippen molar-refractivity contribution in [3.8, 4) is 11.5 Å². The monoisotopic (exact) mass is 242 g/mol. The molecule has 1 aliphatic heterocycles. The maximum atomic E-state index is 11.0. The average molecular weight is 243 g/mol. The molecule has 4 heteroatoms. The molecule has 0 bridgehead atoms. The standard InChI is InChI=1S/C9H7BrO3/c10-6-1-2-8-9(3-6)13-5-7(11)4-12-8/h1-3H,4-5H2. The van der Waals surface area contributed by atoms with Crippen LogP contribution in [-0.4, -0.2) is 19.0 Å². The van der Waals surface area contributed by atoms with Crippen LogP contribution in [0.5, 0.6) is 11.5 Å². The second-order valence-electron chi connectivity index (χ2n) is 2.71. The number of hydrogen-bond acceptors (Lipinski definition) is 3. The lowest BCUT2D eigenvalue weighted by molar-refractivity contribution is -0.122. The third-order valence-electron chi connectivity index (χ3n) is 1.68. The number of rotatable bonds is 0. The highest BCUT2D eigenvalue weighted by Gasteiger charge is 2.14. The molecule has 0 saturated carbocycles. The lowest BCUT2D eigenvalue weighted by atomic mass is 10.3. The Kier molecular flexibility index (Phi) is 2.22. The summed E-state index contributed by atoms with van der Waals surface area (Å²) in [5.41, 5.74) is 0. The van der Waals surface area contributed by atoms with E-state index < -0.39 is 0 Å². The van der Waals surface area contributed by atoms with Crippen molar-refractivity contribution < 1.29 is 14.3 Å². The predicted octanol–water partition coefficient (Wildman–Crippen LogP) is 1.79. The normalized spacial score (nSPS) is 15.3. The summed E-state index contributed by atoms with van der Waals surface area (Å²) < 4.78 is 11.4. The molecule has 13 heavy (non-hydrogen) atoms. The molecule has 0 amide bonds. The van der Waals surface area contributed by atoms with Crippen LogP contribution < -0.4 is 9.47 Å². The van der Waals surface area contributed by atoms with E-state index in [1.54, 1.807) is 12.1 Å². The highest BCUT2D eigenvalue weighted by molar-refractivity contribution is 9.10. The molecule has 2 rings (SSSR count). The second kappa shape index (κ2) is 3.38. The number of ketones is 1.